The van der Waals surface area contributed by atoms with E-state index in [0.717, 1.165) is 20.5 Å². The Bertz CT molecular complexity index is 696. The maximum absolute atomic E-state index is 12.4. The van der Waals surface area contributed by atoms with E-state index >= 15 is 0 Å². The third-order valence-corrected chi connectivity index (χ3v) is 6.54. The van der Waals surface area contributed by atoms with Crippen LogP contribution in [0.5, 0.6) is 0 Å². The van der Waals surface area contributed by atoms with Gasteiger partial charge < -0.3 is 5.73 Å². The molecule has 2 N–H and O–H groups in total. The van der Waals surface area contributed by atoms with E-state index in [0.29, 0.717) is 13.1 Å². The number of halogens is 1. The molecule has 4 nitrogen and oxygen atoms in total. The number of hydrogen-bond acceptors (Lipinski definition) is 4. The molecule has 0 atom stereocenters. The quantitative estimate of drug-likeness (QED) is 0.826. The lowest BCUT2D eigenvalue weighted by molar-refractivity contribution is 0.469. The Morgan fingerprint density at radius 3 is 2.38 bits per heavy atom. The Labute approximate surface area is 137 Å². The van der Waals surface area contributed by atoms with Crippen molar-refractivity contribution in [3.05, 3.63) is 56.2 Å². The highest BCUT2D eigenvalue weighted by molar-refractivity contribution is 9.10. The number of nitrogens with two attached hydrogens (primary N) is 1. The molecular weight excluding hydrogens is 372 g/mol. The van der Waals surface area contributed by atoms with Gasteiger partial charge in [-0.2, -0.15) is 4.31 Å². The summed E-state index contributed by atoms with van der Waals surface area (Å²) in [6.45, 7) is 0.847. The number of thiophene rings is 1. The molecule has 21 heavy (non-hydrogen) atoms. The number of nitrogens with zero attached hydrogens (tertiary/aromatic N) is 1. The molecule has 0 saturated heterocycles. The summed E-state index contributed by atoms with van der Waals surface area (Å²) in [5.41, 5.74) is 7.30. The second-order valence-electron chi connectivity index (χ2n) is 4.76. The third-order valence-electron chi connectivity index (χ3n) is 3.08. The maximum atomic E-state index is 12.4. The Morgan fingerprint density at radius 1 is 1.24 bits per heavy atom. The summed E-state index contributed by atoms with van der Waals surface area (Å²) in [5, 5.41) is 1.95. The standard InChI is InChI=1S/C14H17BrN2O2S2/c1-17(8-14-6-13(15)9-20-14)21(18,19)10-12-4-2-11(7-16)3-5-12/h2-6,9H,7-8,10,16H2,1H3. The second-order valence-corrected chi connectivity index (χ2v) is 8.75. The predicted molar refractivity (Wildman–Crippen MR) is 90.4 cm³/mol. The number of hydrogen-bond donors (Lipinski definition) is 1. The molecule has 114 valence electrons. The predicted octanol–water partition coefficient (Wildman–Crippen LogP) is 2.93. The second kappa shape index (κ2) is 7.02. The number of benzene rings is 1. The molecule has 2 aromatic rings. The monoisotopic (exact) mass is 388 g/mol. The lowest BCUT2D eigenvalue weighted by Gasteiger charge is -2.16. The molecule has 1 heterocycles. The van der Waals surface area contributed by atoms with E-state index in [1.807, 2.05) is 35.7 Å². The Morgan fingerprint density at radius 2 is 1.86 bits per heavy atom. The van der Waals surface area contributed by atoms with Crippen molar-refractivity contribution in [3.8, 4) is 0 Å². The summed E-state index contributed by atoms with van der Waals surface area (Å²) >= 11 is 4.91. The zero-order valence-electron chi connectivity index (χ0n) is 11.6. The first kappa shape index (κ1) is 16.6. The summed E-state index contributed by atoms with van der Waals surface area (Å²) in [5.74, 6) is 0.000889. The van der Waals surface area contributed by atoms with Crippen molar-refractivity contribution in [2.24, 2.45) is 5.73 Å². The SMILES string of the molecule is CN(Cc1cc(Br)cs1)S(=O)(=O)Cc1ccc(CN)cc1. The Kier molecular flexibility index (Phi) is 5.56. The first-order chi connectivity index (χ1) is 9.90. The highest BCUT2D eigenvalue weighted by Gasteiger charge is 2.19. The Balaban J connectivity index is 2.05. The van der Waals surface area contributed by atoms with E-state index in [2.05, 4.69) is 15.9 Å². The minimum atomic E-state index is -3.33. The molecule has 0 aliphatic rings. The molecule has 0 bridgehead atoms. The lowest BCUT2D eigenvalue weighted by Crippen LogP contribution is -2.27. The Hall–Kier alpha value is -0.730. The van der Waals surface area contributed by atoms with Gasteiger partial charge in [0.25, 0.3) is 0 Å². The van der Waals surface area contributed by atoms with Crippen LogP contribution in [-0.2, 0) is 28.9 Å². The van der Waals surface area contributed by atoms with Crippen molar-refractivity contribution in [1.82, 2.24) is 4.31 Å². The summed E-state index contributed by atoms with van der Waals surface area (Å²) in [7, 11) is -1.72. The van der Waals surface area contributed by atoms with Crippen molar-refractivity contribution >= 4 is 37.3 Å². The highest BCUT2D eigenvalue weighted by Crippen LogP contribution is 2.22. The molecule has 0 unspecified atom stereocenters. The van der Waals surface area contributed by atoms with Gasteiger partial charge in [0.05, 0.1) is 5.75 Å². The first-order valence-corrected chi connectivity index (χ1v) is 9.63. The van der Waals surface area contributed by atoms with Gasteiger partial charge in [-0.3, -0.25) is 0 Å². The number of rotatable bonds is 6. The van der Waals surface area contributed by atoms with Gasteiger partial charge in [0.1, 0.15) is 0 Å². The van der Waals surface area contributed by atoms with Crippen LogP contribution >= 0.6 is 27.3 Å². The summed E-state index contributed by atoms with van der Waals surface area (Å²) in [6, 6.07) is 9.29. The fourth-order valence-electron chi connectivity index (χ4n) is 1.85. The first-order valence-electron chi connectivity index (χ1n) is 6.35. The minimum absolute atomic E-state index is 0.000889. The van der Waals surface area contributed by atoms with E-state index < -0.39 is 10.0 Å². The van der Waals surface area contributed by atoms with Gasteiger partial charge in [0.15, 0.2) is 0 Å². The van der Waals surface area contributed by atoms with Gasteiger partial charge >= 0.3 is 0 Å². The van der Waals surface area contributed by atoms with Crippen LogP contribution in [-0.4, -0.2) is 19.8 Å². The highest BCUT2D eigenvalue weighted by atomic mass is 79.9. The van der Waals surface area contributed by atoms with E-state index in [9.17, 15) is 8.42 Å². The van der Waals surface area contributed by atoms with Gasteiger partial charge in [-0.05, 0) is 33.1 Å². The molecule has 0 aliphatic carbocycles. The van der Waals surface area contributed by atoms with E-state index in [1.165, 1.54) is 15.6 Å². The molecule has 0 amide bonds. The average molecular weight is 389 g/mol. The summed E-state index contributed by atoms with van der Waals surface area (Å²) < 4.78 is 27.1. The van der Waals surface area contributed by atoms with Crippen molar-refractivity contribution in [1.29, 1.82) is 0 Å². The fraction of sp³-hybridized carbons (Fsp3) is 0.286. The smallest absolute Gasteiger partial charge is 0.218 e. The van der Waals surface area contributed by atoms with Crippen LogP contribution in [0.2, 0.25) is 0 Å². The van der Waals surface area contributed by atoms with Crippen LogP contribution in [0.25, 0.3) is 0 Å². The zero-order valence-corrected chi connectivity index (χ0v) is 14.8. The third kappa shape index (κ3) is 4.62. The van der Waals surface area contributed by atoms with E-state index in [4.69, 9.17) is 5.73 Å². The van der Waals surface area contributed by atoms with Crippen LogP contribution in [0.4, 0.5) is 0 Å². The fourth-order valence-corrected chi connectivity index (χ4v) is 4.60. The summed E-state index contributed by atoms with van der Waals surface area (Å²) in [4.78, 5) is 1.01. The molecule has 1 aromatic carbocycles. The van der Waals surface area contributed by atoms with Gasteiger partial charge in [0, 0.05) is 34.9 Å². The summed E-state index contributed by atoms with van der Waals surface area (Å²) in [6.07, 6.45) is 0. The van der Waals surface area contributed by atoms with Crippen molar-refractivity contribution in [3.63, 3.8) is 0 Å². The zero-order chi connectivity index (χ0) is 15.5. The molecule has 7 heteroatoms. The van der Waals surface area contributed by atoms with Crippen molar-refractivity contribution in [2.75, 3.05) is 7.05 Å². The molecule has 2 rings (SSSR count). The molecule has 0 spiro atoms. The topological polar surface area (TPSA) is 63.4 Å². The minimum Gasteiger partial charge on any atom is -0.326 e. The van der Waals surface area contributed by atoms with Crippen LogP contribution in [0.15, 0.2) is 40.2 Å². The molecule has 0 saturated carbocycles. The average Bonchev–Trinajstić information content (AvgIpc) is 2.84. The molecule has 0 fully saturated rings. The van der Waals surface area contributed by atoms with E-state index in [-0.39, 0.29) is 5.75 Å². The normalized spacial score (nSPS) is 12.0. The van der Waals surface area contributed by atoms with Crippen LogP contribution in [0, 0.1) is 0 Å². The number of sulfonamides is 1. The van der Waals surface area contributed by atoms with Gasteiger partial charge in [0.2, 0.25) is 10.0 Å². The maximum Gasteiger partial charge on any atom is 0.218 e. The van der Waals surface area contributed by atoms with Crippen LogP contribution in [0.3, 0.4) is 0 Å². The molecule has 1 aromatic heterocycles. The molecule has 0 radical (unpaired) electrons. The van der Waals surface area contributed by atoms with Crippen LogP contribution in [0.1, 0.15) is 16.0 Å². The molecular formula is C14H17BrN2O2S2. The van der Waals surface area contributed by atoms with Gasteiger partial charge in [-0.15, -0.1) is 11.3 Å². The molecule has 0 aliphatic heterocycles. The lowest BCUT2D eigenvalue weighted by atomic mass is 10.1. The van der Waals surface area contributed by atoms with Crippen molar-refractivity contribution < 1.29 is 8.42 Å². The van der Waals surface area contributed by atoms with Crippen LogP contribution < -0.4 is 5.73 Å². The van der Waals surface area contributed by atoms with Gasteiger partial charge in [-0.25, -0.2) is 8.42 Å². The van der Waals surface area contributed by atoms with Crippen molar-refractivity contribution in [2.45, 2.75) is 18.8 Å². The van der Waals surface area contributed by atoms with E-state index in [1.54, 1.807) is 7.05 Å². The largest absolute Gasteiger partial charge is 0.326 e. The van der Waals surface area contributed by atoms with Gasteiger partial charge in [-0.1, -0.05) is 24.3 Å².